The minimum absolute atomic E-state index is 0.00558. The van der Waals surface area contributed by atoms with Gasteiger partial charge in [0.05, 0.1) is 6.10 Å². The van der Waals surface area contributed by atoms with Crippen LogP contribution < -0.4 is 4.74 Å². The number of benzene rings is 2. The summed E-state index contributed by atoms with van der Waals surface area (Å²) in [5.41, 5.74) is 0.823. The molecule has 1 atom stereocenters. The molecule has 0 heterocycles. The van der Waals surface area contributed by atoms with Gasteiger partial charge in [-0.25, -0.2) is 4.39 Å². The molecule has 2 rings (SSSR count). The number of halogens is 1. The van der Waals surface area contributed by atoms with Gasteiger partial charge in [-0.2, -0.15) is 0 Å². The molecule has 0 aliphatic carbocycles. The second-order valence-electron chi connectivity index (χ2n) is 4.63. The number of ether oxygens (including phenoxy) is 1. The predicted octanol–water partition coefficient (Wildman–Crippen LogP) is 3.69. The molecule has 3 heteroatoms. The monoisotopic (exact) mass is 260 g/mol. The molecular formula is C16H17FO2. The first-order valence-corrected chi connectivity index (χ1v) is 6.27. The second kappa shape index (κ2) is 5.85. The van der Waals surface area contributed by atoms with Crippen LogP contribution in [0.5, 0.6) is 5.75 Å². The van der Waals surface area contributed by atoms with Crippen molar-refractivity contribution >= 4 is 0 Å². The maximum atomic E-state index is 13.7. The Morgan fingerprint density at radius 2 is 1.53 bits per heavy atom. The molecule has 0 bridgehead atoms. The van der Waals surface area contributed by atoms with Gasteiger partial charge in [0, 0.05) is 11.1 Å². The third-order valence-corrected chi connectivity index (χ3v) is 2.78. The zero-order valence-corrected chi connectivity index (χ0v) is 11.0. The van der Waals surface area contributed by atoms with E-state index in [2.05, 4.69) is 0 Å². The van der Waals surface area contributed by atoms with E-state index < -0.39 is 11.9 Å². The van der Waals surface area contributed by atoms with E-state index in [1.54, 1.807) is 36.4 Å². The second-order valence-corrected chi connectivity index (χ2v) is 4.63. The lowest BCUT2D eigenvalue weighted by atomic mass is 10.0. The highest BCUT2D eigenvalue weighted by atomic mass is 19.1. The highest BCUT2D eigenvalue weighted by Gasteiger charge is 2.18. The summed E-state index contributed by atoms with van der Waals surface area (Å²) < 4.78 is 19.4. The molecule has 0 saturated heterocycles. The summed E-state index contributed by atoms with van der Waals surface area (Å²) >= 11 is 0. The Labute approximate surface area is 112 Å². The van der Waals surface area contributed by atoms with Gasteiger partial charge in [0.25, 0.3) is 0 Å². The van der Waals surface area contributed by atoms with E-state index in [0.29, 0.717) is 11.3 Å². The first kappa shape index (κ1) is 13.6. The summed E-state index contributed by atoms with van der Waals surface area (Å²) in [4.78, 5) is 0. The van der Waals surface area contributed by atoms with E-state index in [0.717, 1.165) is 0 Å². The number of rotatable bonds is 4. The standard InChI is InChI=1S/C16H17FO2/c1-11(2)19-15-10-6-4-8-13(15)16(18)12-7-3-5-9-14(12)17/h3-11,16,18H,1-2H3. The summed E-state index contributed by atoms with van der Waals surface area (Å²) in [5.74, 6) is 0.155. The molecular weight excluding hydrogens is 243 g/mol. The Morgan fingerprint density at radius 3 is 2.16 bits per heavy atom. The van der Waals surface area contributed by atoms with Crippen LogP contribution in [0.15, 0.2) is 48.5 Å². The molecule has 0 spiro atoms. The van der Waals surface area contributed by atoms with Gasteiger partial charge >= 0.3 is 0 Å². The fourth-order valence-electron chi connectivity index (χ4n) is 1.93. The average Bonchev–Trinajstić information content (AvgIpc) is 2.38. The van der Waals surface area contributed by atoms with Crippen LogP contribution in [0.4, 0.5) is 4.39 Å². The summed E-state index contributed by atoms with van der Waals surface area (Å²) in [6.07, 6.45) is -1.04. The normalized spacial score (nSPS) is 12.5. The van der Waals surface area contributed by atoms with Crippen molar-refractivity contribution in [1.82, 2.24) is 0 Å². The summed E-state index contributed by atoms with van der Waals surface area (Å²) in [6.45, 7) is 3.82. The fourth-order valence-corrected chi connectivity index (χ4v) is 1.93. The minimum atomic E-state index is -1.03. The van der Waals surface area contributed by atoms with Crippen molar-refractivity contribution in [3.63, 3.8) is 0 Å². The van der Waals surface area contributed by atoms with Gasteiger partial charge in [-0.05, 0) is 26.0 Å². The Morgan fingerprint density at radius 1 is 0.947 bits per heavy atom. The van der Waals surface area contributed by atoms with Crippen molar-refractivity contribution in [1.29, 1.82) is 0 Å². The Kier molecular flexibility index (Phi) is 4.17. The molecule has 1 unspecified atom stereocenters. The van der Waals surface area contributed by atoms with Crippen LogP contribution in [-0.4, -0.2) is 11.2 Å². The molecule has 0 aliphatic heterocycles. The van der Waals surface area contributed by atoms with Crippen LogP contribution in [0.25, 0.3) is 0 Å². The predicted molar refractivity (Wildman–Crippen MR) is 72.7 cm³/mol. The molecule has 0 radical (unpaired) electrons. The molecule has 1 N–H and O–H groups in total. The third kappa shape index (κ3) is 3.12. The van der Waals surface area contributed by atoms with Crippen molar-refractivity contribution in [3.8, 4) is 5.75 Å². The molecule has 0 saturated carbocycles. The molecule has 0 amide bonds. The number of aliphatic hydroxyl groups excluding tert-OH is 1. The average molecular weight is 260 g/mol. The highest BCUT2D eigenvalue weighted by molar-refractivity contribution is 5.40. The van der Waals surface area contributed by atoms with E-state index in [4.69, 9.17) is 4.74 Å². The minimum Gasteiger partial charge on any atom is -0.491 e. The van der Waals surface area contributed by atoms with Gasteiger partial charge in [-0.15, -0.1) is 0 Å². The largest absolute Gasteiger partial charge is 0.491 e. The van der Waals surface area contributed by atoms with Gasteiger partial charge < -0.3 is 9.84 Å². The summed E-state index contributed by atoms with van der Waals surface area (Å²) in [6, 6.07) is 13.4. The molecule has 100 valence electrons. The van der Waals surface area contributed by atoms with Crippen LogP contribution in [0.3, 0.4) is 0 Å². The topological polar surface area (TPSA) is 29.5 Å². The quantitative estimate of drug-likeness (QED) is 0.908. The Hall–Kier alpha value is -1.87. The maximum absolute atomic E-state index is 13.7. The van der Waals surface area contributed by atoms with Crippen LogP contribution in [0.1, 0.15) is 31.1 Å². The van der Waals surface area contributed by atoms with Crippen molar-refractivity contribution in [2.24, 2.45) is 0 Å². The summed E-state index contributed by atoms with van der Waals surface area (Å²) in [7, 11) is 0. The molecule has 0 aromatic heterocycles. The Bertz CT molecular complexity index is 552. The van der Waals surface area contributed by atoms with E-state index in [-0.39, 0.29) is 11.7 Å². The molecule has 0 aliphatic rings. The smallest absolute Gasteiger partial charge is 0.129 e. The molecule has 19 heavy (non-hydrogen) atoms. The van der Waals surface area contributed by atoms with Crippen molar-refractivity contribution in [2.45, 2.75) is 26.1 Å². The van der Waals surface area contributed by atoms with Crippen LogP contribution in [-0.2, 0) is 0 Å². The maximum Gasteiger partial charge on any atom is 0.129 e. The highest BCUT2D eigenvalue weighted by Crippen LogP contribution is 2.31. The Balaban J connectivity index is 2.39. The van der Waals surface area contributed by atoms with Crippen LogP contribution >= 0.6 is 0 Å². The lowest BCUT2D eigenvalue weighted by molar-refractivity contribution is 0.194. The zero-order chi connectivity index (χ0) is 13.8. The van der Waals surface area contributed by atoms with Gasteiger partial charge in [0.2, 0.25) is 0 Å². The van der Waals surface area contributed by atoms with Gasteiger partial charge in [-0.3, -0.25) is 0 Å². The van der Waals surface area contributed by atoms with Crippen molar-refractivity contribution in [2.75, 3.05) is 0 Å². The lowest BCUT2D eigenvalue weighted by Gasteiger charge is -2.18. The molecule has 0 fully saturated rings. The van der Waals surface area contributed by atoms with Crippen LogP contribution in [0.2, 0.25) is 0 Å². The third-order valence-electron chi connectivity index (χ3n) is 2.78. The van der Waals surface area contributed by atoms with E-state index in [9.17, 15) is 9.50 Å². The number of aliphatic hydroxyl groups is 1. The number of hydrogen-bond donors (Lipinski definition) is 1. The number of para-hydroxylation sites is 1. The van der Waals surface area contributed by atoms with Gasteiger partial charge in [0.15, 0.2) is 0 Å². The van der Waals surface area contributed by atoms with Crippen molar-refractivity contribution in [3.05, 3.63) is 65.5 Å². The van der Waals surface area contributed by atoms with E-state index in [1.165, 1.54) is 6.07 Å². The lowest BCUT2D eigenvalue weighted by Crippen LogP contribution is -2.10. The first-order chi connectivity index (χ1) is 9.09. The first-order valence-electron chi connectivity index (χ1n) is 6.27. The van der Waals surface area contributed by atoms with Gasteiger partial charge in [-0.1, -0.05) is 36.4 Å². The number of hydrogen-bond acceptors (Lipinski definition) is 2. The fraction of sp³-hybridized carbons (Fsp3) is 0.250. The van der Waals surface area contributed by atoms with Crippen LogP contribution in [0, 0.1) is 5.82 Å². The van der Waals surface area contributed by atoms with Crippen molar-refractivity contribution < 1.29 is 14.2 Å². The van der Waals surface area contributed by atoms with E-state index in [1.807, 2.05) is 19.9 Å². The van der Waals surface area contributed by atoms with E-state index >= 15 is 0 Å². The molecule has 2 aromatic rings. The zero-order valence-electron chi connectivity index (χ0n) is 11.0. The molecule has 2 nitrogen and oxygen atoms in total. The molecule has 2 aromatic carbocycles. The SMILES string of the molecule is CC(C)Oc1ccccc1C(O)c1ccccc1F. The van der Waals surface area contributed by atoms with Gasteiger partial charge in [0.1, 0.15) is 17.7 Å². The summed E-state index contributed by atoms with van der Waals surface area (Å²) in [5, 5.41) is 10.3.